The van der Waals surface area contributed by atoms with Gasteiger partial charge >= 0.3 is 6.18 Å². The van der Waals surface area contributed by atoms with Crippen LogP contribution in [0.5, 0.6) is 17.2 Å². The van der Waals surface area contributed by atoms with Crippen LogP contribution >= 0.6 is 0 Å². The van der Waals surface area contributed by atoms with Gasteiger partial charge in [-0.05, 0) is 30.7 Å². The van der Waals surface area contributed by atoms with Crippen molar-refractivity contribution >= 4 is 5.96 Å². The average Bonchev–Trinajstić information content (AvgIpc) is 2.74. The molecule has 0 bridgehead atoms. The molecule has 0 aliphatic rings. The summed E-state index contributed by atoms with van der Waals surface area (Å²) in [5.74, 6) is 0.852. The van der Waals surface area contributed by atoms with E-state index in [1.54, 1.807) is 12.1 Å². The van der Waals surface area contributed by atoms with E-state index in [-0.39, 0.29) is 24.6 Å². The molecule has 2 rings (SSSR count). The minimum absolute atomic E-state index is 0.0943. The minimum atomic E-state index is -4.67. The molecule has 2 aromatic carbocycles. The molecular formula is C21H25F4N3O3. The Morgan fingerprint density at radius 2 is 1.55 bits per heavy atom. The number of aliphatic imine (C=N–C) groups is 1. The Bertz CT molecular complexity index is 917. The van der Waals surface area contributed by atoms with E-state index in [0.717, 1.165) is 12.1 Å². The van der Waals surface area contributed by atoms with Gasteiger partial charge in [-0.25, -0.2) is 9.38 Å². The highest BCUT2D eigenvalue weighted by atomic mass is 19.4. The van der Waals surface area contributed by atoms with Crippen LogP contribution in [0.1, 0.15) is 23.6 Å². The predicted molar refractivity (Wildman–Crippen MR) is 109 cm³/mol. The molecule has 0 atom stereocenters. The smallest absolute Gasteiger partial charge is 0.416 e. The van der Waals surface area contributed by atoms with Crippen LogP contribution in [-0.4, -0.2) is 33.8 Å². The number of nitrogens with one attached hydrogen (secondary N) is 2. The summed E-state index contributed by atoms with van der Waals surface area (Å²) in [4.78, 5) is 4.41. The van der Waals surface area contributed by atoms with Gasteiger partial charge in [0.05, 0.1) is 33.4 Å². The second-order valence-electron chi connectivity index (χ2n) is 6.37. The zero-order valence-electron chi connectivity index (χ0n) is 17.7. The standard InChI is InChI=1S/C21H25F4N3O3/c1-5-26-20(27-11-13-6-7-15(22)9-16(13)21(23,24)25)28-12-14-8-18(30-3)19(31-4)10-17(14)29-2/h6-10H,5,11-12H2,1-4H3,(H2,26,27,28). The zero-order valence-corrected chi connectivity index (χ0v) is 17.7. The molecular weight excluding hydrogens is 418 g/mol. The lowest BCUT2D eigenvalue weighted by molar-refractivity contribution is -0.138. The number of halogens is 4. The molecule has 170 valence electrons. The van der Waals surface area contributed by atoms with Crippen molar-refractivity contribution in [2.24, 2.45) is 4.99 Å². The molecule has 0 aliphatic heterocycles. The lowest BCUT2D eigenvalue weighted by atomic mass is 10.1. The molecule has 0 saturated carbocycles. The summed E-state index contributed by atoms with van der Waals surface area (Å²) in [6, 6.07) is 5.96. The number of methoxy groups -OCH3 is 3. The van der Waals surface area contributed by atoms with Crippen LogP contribution < -0.4 is 24.8 Å². The van der Waals surface area contributed by atoms with Crippen molar-refractivity contribution in [1.82, 2.24) is 10.6 Å². The molecule has 31 heavy (non-hydrogen) atoms. The molecule has 0 saturated heterocycles. The molecule has 0 fully saturated rings. The van der Waals surface area contributed by atoms with Gasteiger partial charge in [-0.3, -0.25) is 0 Å². The maximum Gasteiger partial charge on any atom is 0.416 e. The summed E-state index contributed by atoms with van der Waals surface area (Å²) >= 11 is 0. The third-order valence-corrected chi connectivity index (χ3v) is 4.36. The first-order chi connectivity index (χ1) is 14.7. The number of benzene rings is 2. The molecule has 0 aliphatic carbocycles. The van der Waals surface area contributed by atoms with Crippen LogP contribution in [0.25, 0.3) is 0 Å². The van der Waals surface area contributed by atoms with Crippen molar-refractivity contribution in [3.05, 3.63) is 52.8 Å². The normalized spacial score (nSPS) is 11.8. The molecule has 10 heteroatoms. The Kier molecular flexibility index (Phi) is 8.35. The SMILES string of the molecule is CCNC(=NCc1cc(OC)c(OC)cc1OC)NCc1ccc(F)cc1C(F)(F)F. The van der Waals surface area contributed by atoms with Crippen molar-refractivity contribution in [2.75, 3.05) is 27.9 Å². The Labute approximate surface area is 178 Å². The summed E-state index contributed by atoms with van der Waals surface area (Å²) < 4.78 is 68.8. The van der Waals surface area contributed by atoms with Crippen LogP contribution in [0.2, 0.25) is 0 Å². The van der Waals surface area contributed by atoms with E-state index in [0.29, 0.717) is 35.4 Å². The van der Waals surface area contributed by atoms with E-state index in [9.17, 15) is 17.6 Å². The van der Waals surface area contributed by atoms with Crippen molar-refractivity contribution in [3.63, 3.8) is 0 Å². The number of ether oxygens (including phenoxy) is 3. The van der Waals surface area contributed by atoms with E-state index < -0.39 is 17.6 Å². The quantitative estimate of drug-likeness (QED) is 0.365. The van der Waals surface area contributed by atoms with Crippen molar-refractivity contribution < 1.29 is 31.8 Å². The topological polar surface area (TPSA) is 64.1 Å². The molecule has 0 heterocycles. The van der Waals surface area contributed by atoms with Crippen LogP contribution in [0.15, 0.2) is 35.3 Å². The number of alkyl halides is 3. The van der Waals surface area contributed by atoms with Gasteiger partial charge in [-0.15, -0.1) is 0 Å². The highest BCUT2D eigenvalue weighted by molar-refractivity contribution is 5.79. The van der Waals surface area contributed by atoms with Gasteiger partial charge in [-0.2, -0.15) is 13.2 Å². The van der Waals surface area contributed by atoms with E-state index in [1.807, 2.05) is 6.92 Å². The molecule has 0 unspecified atom stereocenters. The summed E-state index contributed by atoms with van der Waals surface area (Å²) in [7, 11) is 4.52. The second-order valence-corrected chi connectivity index (χ2v) is 6.37. The Morgan fingerprint density at radius 1 is 0.903 bits per heavy atom. The number of rotatable bonds is 8. The maximum absolute atomic E-state index is 13.3. The van der Waals surface area contributed by atoms with Crippen molar-refractivity contribution in [2.45, 2.75) is 26.2 Å². The largest absolute Gasteiger partial charge is 0.496 e. The summed E-state index contributed by atoms with van der Waals surface area (Å²) in [6.07, 6.45) is -4.67. The second kappa shape index (κ2) is 10.7. The maximum atomic E-state index is 13.3. The molecule has 0 amide bonds. The first-order valence-corrected chi connectivity index (χ1v) is 9.40. The predicted octanol–water partition coefficient (Wildman–Crippen LogP) is 4.13. The van der Waals surface area contributed by atoms with Gasteiger partial charge in [0.1, 0.15) is 11.6 Å². The lowest BCUT2D eigenvalue weighted by Crippen LogP contribution is -2.37. The Morgan fingerprint density at radius 3 is 2.13 bits per heavy atom. The van der Waals surface area contributed by atoms with E-state index in [2.05, 4.69) is 15.6 Å². The number of hydrogen-bond donors (Lipinski definition) is 2. The molecule has 2 aromatic rings. The first kappa shape index (κ1) is 24.1. The van der Waals surface area contributed by atoms with Crippen LogP contribution in [0.4, 0.5) is 17.6 Å². The number of guanidine groups is 1. The lowest BCUT2D eigenvalue weighted by Gasteiger charge is -2.16. The third kappa shape index (κ3) is 6.40. The van der Waals surface area contributed by atoms with Gasteiger partial charge < -0.3 is 24.8 Å². The summed E-state index contributed by atoms with van der Waals surface area (Å²) in [5.41, 5.74) is -0.435. The number of hydrogen-bond acceptors (Lipinski definition) is 4. The highest BCUT2D eigenvalue weighted by Crippen LogP contribution is 2.35. The Balaban J connectivity index is 2.24. The summed E-state index contributed by atoms with van der Waals surface area (Å²) in [5, 5.41) is 5.82. The minimum Gasteiger partial charge on any atom is -0.496 e. The van der Waals surface area contributed by atoms with Gasteiger partial charge in [0.15, 0.2) is 17.5 Å². The van der Waals surface area contributed by atoms with E-state index in [1.165, 1.54) is 21.3 Å². The van der Waals surface area contributed by atoms with Crippen LogP contribution in [-0.2, 0) is 19.3 Å². The number of nitrogens with zero attached hydrogens (tertiary/aromatic N) is 1. The average molecular weight is 443 g/mol. The van der Waals surface area contributed by atoms with Crippen LogP contribution in [0.3, 0.4) is 0 Å². The van der Waals surface area contributed by atoms with Gasteiger partial charge in [-0.1, -0.05) is 6.07 Å². The van der Waals surface area contributed by atoms with Crippen molar-refractivity contribution in [3.8, 4) is 17.2 Å². The zero-order chi connectivity index (χ0) is 23.0. The molecule has 2 N–H and O–H groups in total. The third-order valence-electron chi connectivity index (χ3n) is 4.36. The van der Waals surface area contributed by atoms with E-state index in [4.69, 9.17) is 14.2 Å². The fraction of sp³-hybridized carbons (Fsp3) is 0.381. The summed E-state index contributed by atoms with van der Waals surface area (Å²) in [6.45, 7) is 2.29. The monoisotopic (exact) mass is 443 g/mol. The molecule has 6 nitrogen and oxygen atoms in total. The van der Waals surface area contributed by atoms with E-state index >= 15 is 0 Å². The highest BCUT2D eigenvalue weighted by Gasteiger charge is 2.33. The first-order valence-electron chi connectivity index (χ1n) is 9.40. The molecule has 0 radical (unpaired) electrons. The molecule has 0 aromatic heterocycles. The fourth-order valence-electron chi connectivity index (χ4n) is 2.87. The Hall–Kier alpha value is -3.17. The van der Waals surface area contributed by atoms with Crippen molar-refractivity contribution in [1.29, 1.82) is 0 Å². The van der Waals surface area contributed by atoms with Gasteiger partial charge in [0.2, 0.25) is 0 Å². The fourth-order valence-corrected chi connectivity index (χ4v) is 2.87. The van der Waals surface area contributed by atoms with Crippen LogP contribution in [0, 0.1) is 5.82 Å². The van der Waals surface area contributed by atoms with Gasteiger partial charge in [0.25, 0.3) is 0 Å². The molecule has 0 spiro atoms. The van der Waals surface area contributed by atoms with Gasteiger partial charge in [0, 0.05) is 24.7 Å².